The van der Waals surface area contributed by atoms with E-state index in [1.165, 1.54) is 12.0 Å². The van der Waals surface area contributed by atoms with E-state index in [0.717, 1.165) is 10.5 Å². The Morgan fingerprint density at radius 1 is 1.31 bits per heavy atom. The highest BCUT2D eigenvalue weighted by Crippen LogP contribution is 2.51. The van der Waals surface area contributed by atoms with Gasteiger partial charge in [0.05, 0.1) is 0 Å². The minimum absolute atomic E-state index is 0.555. The quantitative estimate of drug-likeness (QED) is 0.782. The molecule has 2 aromatic rings. The normalized spacial score (nSPS) is 23.3. The molecule has 1 aromatic heterocycles. The van der Waals surface area contributed by atoms with Gasteiger partial charge in [-0.15, -0.1) is 0 Å². The summed E-state index contributed by atoms with van der Waals surface area (Å²) < 4.78 is 3.04. The minimum Gasteiger partial charge on any atom is -0.335 e. The van der Waals surface area contributed by atoms with Crippen LogP contribution in [0.15, 0.2) is 36.5 Å². The highest BCUT2D eigenvalue weighted by atomic mass is 32.1. The van der Waals surface area contributed by atoms with E-state index in [2.05, 4.69) is 46.1 Å². The Morgan fingerprint density at radius 3 is 2.69 bits per heavy atom. The van der Waals surface area contributed by atoms with Crippen LogP contribution in [0.2, 0.25) is 0 Å². The SMILES string of the molecule is Cc1cn(C2CC2c2ccccc2)c(=S)[nH]1. The number of aromatic nitrogens is 2. The van der Waals surface area contributed by atoms with E-state index in [4.69, 9.17) is 12.2 Å². The molecule has 0 aliphatic heterocycles. The second-order valence-electron chi connectivity index (χ2n) is 4.47. The zero-order valence-electron chi connectivity index (χ0n) is 9.18. The number of hydrogen-bond acceptors (Lipinski definition) is 1. The van der Waals surface area contributed by atoms with Crippen LogP contribution in [0.25, 0.3) is 0 Å². The lowest BCUT2D eigenvalue weighted by Gasteiger charge is -2.01. The van der Waals surface area contributed by atoms with Crippen LogP contribution in [0.1, 0.15) is 29.6 Å². The molecule has 2 atom stereocenters. The van der Waals surface area contributed by atoms with Crippen molar-refractivity contribution < 1.29 is 0 Å². The number of imidazole rings is 1. The molecule has 3 heteroatoms. The van der Waals surface area contributed by atoms with Gasteiger partial charge < -0.3 is 9.55 Å². The number of nitrogens with zero attached hydrogens (tertiary/aromatic N) is 1. The van der Waals surface area contributed by atoms with Gasteiger partial charge in [0, 0.05) is 23.9 Å². The third-order valence-corrected chi connectivity index (χ3v) is 3.53. The van der Waals surface area contributed by atoms with Crippen molar-refractivity contribution in [3.8, 4) is 0 Å². The second kappa shape index (κ2) is 3.59. The molecule has 0 saturated heterocycles. The smallest absolute Gasteiger partial charge is 0.177 e. The summed E-state index contributed by atoms with van der Waals surface area (Å²) in [6.45, 7) is 2.05. The number of hydrogen-bond donors (Lipinski definition) is 1. The summed E-state index contributed by atoms with van der Waals surface area (Å²) in [7, 11) is 0. The van der Waals surface area contributed by atoms with Crippen molar-refractivity contribution in [3.05, 3.63) is 52.6 Å². The van der Waals surface area contributed by atoms with Crippen molar-refractivity contribution in [1.29, 1.82) is 0 Å². The molecule has 1 heterocycles. The van der Waals surface area contributed by atoms with Gasteiger partial charge in [-0.25, -0.2) is 0 Å². The third kappa shape index (κ3) is 1.61. The highest BCUT2D eigenvalue weighted by Gasteiger charge is 2.40. The topological polar surface area (TPSA) is 20.7 Å². The van der Waals surface area contributed by atoms with E-state index in [-0.39, 0.29) is 0 Å². The van der Waals surface area contributed by atoms with Gasteiger partial charge >= 0.3 is 0 Å². The predicted molar refractivity (Wildman–Crippen MR) is 67.2 cm³/mol. The first-order chi connectivity index (χ1) is 7.75. The molecule has 2 nitrogen and oxygen atoms in total. The second-order valence-corrected chi connectivity index (χ2v) is 4.86. The van der Waals surface area contributed by atoms with E-state index in [0.29, 0.717) is 12.0 Å². The van der Waals surface area contributed by atoms with Crippen molar-refractivity contribution in [2.24, 2.45) is 0 Å². The average Bonchev–Trinajstić information content (AvgIpc) is 3.00. The van der Waals surface area contributed by atoms with Crippen molar-refractivity contribution in [2.75, 3.05) is 0 Å². The first-order valence-corrected chi connectivity index (χ1v) is 5.99. The fourth-order valence-corrected chi connectivity index (χ4v) is 2.68. The molecule has 0 spiro atoms. The Balaban J connectivity index is 1.87. The molecule has 0 amide bonds. The molecule has 3 rings (SSSR count). The zero-order valence-corrected chi connectivity index (χ0v) is 10.00. The predicted octanol–water partition coefficient (Wildman–Crippen LogP) is 3.58. The van der Waals surface area contributed by atoms with Gasteiger partial charge in [0.1, 0.15) is 0 Å². The van der Waals surface area contributed by atoms with Crippen molar-refractivity contribution in [1.82, 2.24) is 9.55 Å². The van der Waals surface area contributed by atoms with Crippen LogP contribution in [0.3, 0.4) is 0 Å². The lowest BCUT2D eigenvalue weighted by molar-refractivity contribution is 0.705. The van der Waals surface area contributed by atoms with E-state index in [1.807, 2.05) is 6.92 Å². The van der Waals surface area contributed by atoms with Crippen LogP contribution in [0.5, 0.6) is 0 Å². The van der Waals surface area contributed by atoms with Crippen LogP contribution in [0, 0.1) is 11.7 Å². The largest absolute Gasteiger partial charge is 0.335 e. The summed E-state index contributed by atoms with van der Waals surface area (Å²) in [6, 6.07) is 11.2. The Kier molecular flexibility index (Phi) is 2.21. The monoisotopic (exact) mass is 230 g/mol. The molecule has 1 fully saturated rings. The summed E-state index contributed by atoms with van der Waals surface area (Å²) >= 11 is 5.30. The Labute approximate surface area is 99.9 Å². The molecule has 1 aliphatic rings. The van der Waals surface area contributed by atoms with Gasteiger partial charge in [0.25, 0.3) is 0 Å². The summed E-state index contributed by atoms with van der Waals surface area (Å²) in [4.78, 5) is 3.18. The number of nitrogens with one attached hydrogen (secondary N) is 1. The maximum atomic E-state index is 5.30. The average molecular weight is 230 g/mol. The Bertz CT molecular complexity index is 553. The van der Waals surface area contributed by atoms with Crippen molar-refractivity contribution >= 4 is 12.2 Å². The van der Waals surface area contributed by atoms with Crippen molar-refractivity contribution in [3.63, 3.8) is 0 Å². The standard InChI is InChI=1S/C13H14N2S/c1-9-8-15(13(16)14-9)12-7-11(12)10-5-3-2-4-6-10/h2-6,8,11-12H,7H2,1H3,(H,14,16). The number of aromatic amines is 1. The number of H-pyrrole nitrogens is 1. The van der Waals surface area contributed by atoms with Crippen LogP contribution >= 0.6 is 12.2 Å². The molecule has 0 bridgehead atoms. The summed E-state index contributed by atoms with van der Waals surface area (Å²) in [5.41, 5.74) is 2.57. The lowest BCUT2D eigenvalue weighted by atomic mass is 10.1. The van der Waals surface area contributed by atoms with E-state index in [9.17, 15) is 0 Å². The van der Waals surface area contributed by atoms with Gasteiger partial charge in [0.15, 0.2) is 4.77 Å². The van der Waals surface area contributed by atoms with Crippen LogP contribution in [0.4, 0.5) is 0 Å². The fraction of sp³-hybridized carbons (Fsp3) is 0.308. The number of aryl methyl sites for hydroxylation is 1. The Hall–Kier alpha value is -1.35. The first kappa shape index (κ1) is 9.85. The summed E-state index contributed by atoms with van der Waals surface area (Å²) in [5.74, 6) is 0.642. The van der Waals surface area contributed by atoms with E-state index in [1.54, 1.807) is 0 Å². The molecule has 1 aliphatic carbocycles. The van der Waals surface area contributed by atoms with Gasteiger partial charge in [0.2, 0.25) is 0 Å². The van der Waals surface area contributed by atoms with Crippen molar-refractivity contribution in [2.45, 2.75) is 25.3 Å². The molecule has 82 valence electrons. The number of rotatable bonds is 2. The molecule has 1 aromatic carbocycles. The molecule has 16 heavy (non-hydrogen) atoms. The van der Waals surface area contributed by atoms with Crippen LogP contribution < -0.4 is 0 Å². The summed E-state index contributed by atoms with van der Waals surface area (Å²) in [6.07, 6.45) is 3.32. The molecule has 2 unspecified atom stereocenters. The van der Waals surface area contributed by atoms with Crippen LogP contribution in [-0.2, 0) is 0 Å². The first-order valence-electron chi connectivity index (χ1n) is 5.58. The highest BCUT2D eigenvalue weighted by molar-refractivity contribution is 7.71. The molecule has 0 radical (unpaired) electrons. The maximum absolute atomic E-state index is 5.30. The fourth-order valence-electron chi connectivity index (χ4n) is 2.33. The lowest BCUT2D eigenvalue weighted by Crippen LogP contribution is -1.94. The molecule has 1 N–H and O–H groups in total. The number of benzene rings is 1. The van der Waals surface area contributed by atoms with E-state index >= 15 is 0 Å². The van der Waals surface area contributed by atoms with Gasteiger partial charge in [-0.05, 0) is 31.1 Å². The summed E-state index contributed by atoms with van der Waals surface area (Å²) in [5, 5.41) is 0. The molecule has 1 saturated carbocycles. The Morgan fingerprint density at radius 2 is 2.06 bits per heavy atom. The van der Waals surface area contributed by atoms with E-state index < -0.39 is 0 Å². The van der Waals surface area contributed by atoms with Gasteiger partial charge in [-0.3, -0.25) is 0 Å². The maximum Gasteiger partial charge on any atom is 0.177 e. The minimum atomic E-state index is 0.555. The third-order valence-electron chi connectivity index (χ3n) is 3.21. The van der Waals surface area contributed by atoms with Crippen LogP contribution in [-0.4, -0.2) is 9.55 Å². The van der Waals surface area contributed by atoms with Gasteiger partial charge in [-0.1, -0.05) is 30.3 Å². The molecular formula is C13H14N2S. The zero-order chi connectivity index (χ0) is 11.1. The van der Waals surface area contributed by atoms with Gasteiger partial charge in [-0.2, -0.15) is 0 Å². The molecular weight excluding hydrogens is 216 g/mol.